The fourth-order valence-electron chi connectivity index (χ4n) is 0.967. The molecule has 0 aliphatic rings. The Bertz CT molecular complexity index is 494. The monoisotopic (exact) mass is 407 g/mol. The lowest BCUT2D eigenvalue weighted by Gasteiger charge is -2.02. The van der Waals surface area contributed by atoms with Crippen molar-refractivity contribution in [3.8, 4) is 6.07 Å². The van der Waals surface area contributed by atoms with Gasteiger partial charge in [-0.2, -0.15) is 5.26 Å². The van der Waals surface area contributed by atoms with Gasteiger partial charge in [0.05, 0.1) is 0 Å². The van der Waals surface area contributed by atoms with Gasteiger partial charge in [0, 0.05) is 13.4 Å². The van der Waals surface area contributed by atoms with E-state index >= 15 is 0 Å². The molecule has 0 aromatic heterocycles. The number of hydrogen-bond acceptors (Lipinski definition) is 2. The summed E-state index contributed by atoms with van der Waals surface area (Å²) in [6, 6.07) is 5.06. The zero-order chi connectivity index (χ0) is 12.3. The summed E-state index contributed by atoms with van der Waals surface area (Å²) in [5.74, 6) is -1.24. The molecule has 0 bridgehead atoms. The Morgan fingerprint density at radius 1 is 1.31 bits per heavy atom. The van der Waals surface area contributed by atoms with Crippen molar-refractivity contribution in [2.45, 2.75) is 0 Å². The van der Waals surface area contributed by atoms with Crippen LogP contribution in [0, 0.1) is 11.3 Å². The minimum Gasteiger partial charge on any atom is -0.477 e. The van der Waals surface area contributed by atoms with Gasteiger partial charge >= 0.3 is 5.97 Å². The SMILES string of the molecule is N#CC(=Cc1cc(Br)c(Br)c(Br)c1)C(=O)O. The molecule has 0 atom stereocenters. The van der Waals surface area contributed by atoms with E-state index in [2.05, 4.69) is 47.8 Å². The van der Waals surface area contributed by atoms with Crippen LogP contribution in [0.4, 0.5) is 0 Å². The summed E-state index contributed by atoms with van der Waals surface area (Å²) in [5.41, 5.74) is 0.321. The topological polar surface area (TPSA) is 61.1 Å². The number of nitriles is 1. The molecular weight excluding hydrogens is 406 g/mol. The molecule has 82 valence electrons. The number of nitrogens with zero attached hydrogens (tertiary/aromatic N) is 1. The van der Waals surface area contributed by atoms with Crippen molar-refractivity contribution >= 4 is 59.8 Å². The van der Waals surface area contributed by atoms with Crippen LogP contribution >= 0.6 is 47.8 Å². The van der Waals surface area contributed by atoms with E-state index in [1.165, 1.54) is 6.08 Å². The van der Waals surface area contributed by atoms with Crippen LogP contribution in [0.3, 0.4) is 0 Å². The van der Waals surface area contributed by atoms with Gasteiger partial charge in [0.1, 0.15) is 11.6 Å². The van der Waals surface area contributed by atoms with Crippen molar-refractivity contribution in [3.05, 3.63) is 36.7 Å². The second-order valence-electron chi connectivity index (χ2n) is 2.77. The van der Waals surface area contributed by atoms with Crippen LogP contribution in [-0.2, 0) is 4.79 Å². The van der Waals surface area contributed by atoms with Gasteiger partial charge in [-0.15, -0.1) is 0 Å². The molecule has 0 heterocycles. The van der Waals surface area contributed by atoms with Crippen LogP contribution in [0.15, 0.2) is 31.1 Å². The van der Waals surface area contributed by atoms with Gasteiger partial charge in [0.15, 0.2) is 0 Å². The van der Waals surface area contributed by atoms with E-state index in [0.29, 0.717) is 5.56 Å². The highest BCUT2D eigenvalue weighted by atomic mass is 79.9. The molecular formula is C10H4Br3NO2. The first-order chi connectivity index (χ1) is 7.45. The number of benzene rings is 1. The number of halogens is 3. The maximum absolute atomic E-state index is 10.6. The molecule has 0 aliphatic heterocycles. The van der Waals surface area contributed by atoms with E-state index in [1.807, 2.05) is 0 Å². The molecule has 6 heteroatoms. The number of hydrogen-bond donors (Lipinski definition) is 1. The third-order valence-electron chi connectivity index (χ3n) is 1.67. The minimum atomic E-state index is -1.24. The summed E-state index contributed by atoms with van der Waals surface area (Å²) in [4.78, 5) is 10.6. The lowest BCUT2D eigenvalue weighted by Crippen LogP contribution is -1.97. The van der Waals surface area contributed by atoms with Gasteiger partial charge < -0.3 is 5.11 Å². The van der Waals surface area contributed by atoms with E-state index in [9.17, 15) is 4.79 Å². The van der Waals surface area contributed by atoms with Crippen LogP contribution in [0.5, 0.6) is 0 Å². The van der Waals surface area contributed by atoms with Crippen molar-refractivity contribution in [1.82, 2.24) is 0 Å². The zero-order valence-electron chi connectivity index (χ0n) is 7.67. The molecule has 0 amide bonds. The summed E-state index contributed by atoms with van der Waals surface area (Å²) in [5, 5.41) is 17.3. The Balaban J connectivity index is 3.27. The molecule has 0 unspecified atom stereocenters. The highest BCUT2D eigenvalue weighted by Gasteiger charge is 2.08. The summed E-state index contributed by atoms with van der Waals surface area (Å²) >= 11 is 9.95. The van der Waals surface area contributed by atoms with Crippen molar-refractivity contribution in [1.29, 1.82) is 5.26 Å². The molecule has 0 saturated carbocycles. The predicted molar refractivity (Wildman–Crippen MR) is 70.8 cm³/mol. The van der Waals surface area contributed by atoms with Gasteiger partial charge in [-0.25, -0.2) is 4.79 Å². The molecule has 16 heavy (non-hydrogen) atoms. The van der Waals surface area contributed by atoms with E-state index in [0.717, 1.165) is 13.4 Å². The molecule has 0 spiro atoms. The molecule has 1 N–H and O–H groups in total. The number of carbonyl (C=O) groups is 1. The summed E-state index contributed by atoms with van der Waals surface area (Å²) < 4.78 is 2.38. The molecule has 1 aromatic carbocycles. The highest BCUT2D eigenvalue weighted by molar-refractivity contribution is 9.14. The number of carboxylic acid groups (broad SMARTS) is 1. The van der Waals surface area contributed by atoms with Crippen LogP contribution in [-0.4, -0.2) is 11.1 Å². The second kappa shape index (κ2) is 5.62. The van der Waals surface area contributed by atoms with E-state index < -0.39 is 5.97 Å². The van der Waals surface area contributed by atoms with Gasteiger partial charge in [0.25, 0.3) is 0 Å². The van der Waals surface area contributed by atoms with Gasteiger partial charge in [-0.1, -0.05) is 0 Å². The number of carboxylic acids is 1. The smallest absolute Gasteiger partial charge is 0.346 e. The molecule has 0 aliphatic carbocycles. The highest BCUT2D eigenvalue weighted by Crippen LogP contribution is 2.32. The van der Waals surface area contributed by atoms with Crippen molar-refractivity contribution in [2.75, 3.05) is 0 Å². The Kier molecular flexibility index (Phi) is 4.71. The van der Waals surface area contributed by atoms with Crippen LogP contribution in [0.2, 0.25) is 0 Å². The fraction of sp³-hybridized carbons (Fsp3) is 0. The normalized spacial score (nSPS) is 11.0. The largest absolute Gasteiger partial charge is 0.477 e. The molecule has 0 fully saturated rings. The molecule has 1 rings (SSSR count). The molecule has 1 aromatic rings. The van der Waals surface area contributed by atoms with E-state index in [1.54, 1.807) is 18.2 Å². The Labute approximate surface area is 117 Å². The maximum atomic E-state index is 10.6. The molecule has 0 radical (unpaired) electrons. The van der Waals surface area contributed by atoms with Gasteiger partial charge in [-0.3, -0.25) is 0 Å². The molecule has 0 saturated heterocycles. The van der Waals surface area contributed by atoms with Crippen molar-refractivity contribution < 1.29 is 9.90 Å². The fourth-order valence-corrected chi connectivity index (χ4v) is 2.42. The number of rotatable bonds is 2. The summed E-state index contributed by atoms with van der Waals surface area (Å²) in [7, 11) is 0. The van der Waals surface area contributed by atoms with Gasteiger partial charge in [0.2, 0.25) is 0 Å². The first-order valence-corrected chi connectivity index (χ1v) is 6.33. The number of aliphatic carboxylic acids is 1. The molecule has 3 nitrogen and oxygen atoms in total. The standard InChI is InChI=1S/C10H4Br3NO2/c11-7-2-5(3-8(12)9(7)13)1-6(4-14)10(15)16/h1-3H,(H,15,16). The Morgan fingerprint density at radius 3 is 2.19 bits per heavy atom. The lowest BCUT2D eigenvalue weighted by molar-refractivity contribution is -0.132. The maximum Gasteiger partial charge on any atom is 0.346 e. The Morgan fingerprint density at radius 2 is 1.81 bits per heavy atom. The van der Waals surface area contributed by atoms with Crippen LogP contribution < -0.4 is 0 Å². The van der Waals surface area contributed by atoms with Crippen molar-refractivity contribution in [3.63, 3.8) is 0 Å². The van der Waals surface area contributed by atoms with E-state index in [-0.39, 0.29) is 5.57 Å². The third-order valence-corrected chi connectivity index (χ3v) is 4.84. The summed E-state index contributed by atoms with van der Waals surface area (Å²) in [6.07, 6.45) is 1.31. The second-order valence-corrected chi connectivity index (χ2v) is 5.28. The predicted octanol–water partition coefficient (Wildman–Crippen LogP) is 3.97. The summed E-state index contributed by atoms with van der Waals surface area (Å²) in [6.45, 7) is 0. The first kappa shape index (κ1) is 13.4. The average molecular weight is 410 g/mol. The lowest BCUT2D eigenvalue weighted by atomic mass is 10.1. The first-order valence-electron chi connectivity index (χ1n) is 3.95. The quantitative estimate of drug-likeness (QED) is 0.457. The minimum absolute atomic E-state index is 0.305. The van der Waals surface area contributed by atoms with Crippen molar-refractivity contribution in [2.24, 2.45) is 0 Å². The van der Waals surface area contributed by atoms with Crippen LogP contribution in [0.25, 0.3) is 6.08 Å². The Hall–Kier alpha value is -0.640. The zero-order valence-corrected chi connectivity index (χ0v) is 12.4. The van der Waals surface area contributed by atoms with Crippen LogP contribution in [0.1, 0.15) is 5.56 Å². The third kappa shape index (κ3) is 3.17. The average Bonchev–Trinajstić information content (AvgIpc) is 2.21. The van der Waals surface area contributed by atoms with E-state index in [4.69, 9.17) is 10.4 Å². The van der Waals surface area contributed by atoms with Gasteiger partial charge in [-0.05, 0) is 71.6 Å².